The number of fused-ring (bicyclic) bond motifs is 3. The number of β-amino-alcohol motifs (C(OH)–C–C–N with tert-alkyl or cyclic N) is 1. The van der Waals surface area contributed by atoms with Gasteiger partial charge in [-0.25, -0.2) is 0 Å². The first-order chi connectivity index (χ1) is 16.5. The van der Waals surface area contributed by atoms with Crippen molar-refractivity contribution in [2.45, 2.75) is 18.8 Å². The number of benzene rings is 3. The predicted molar refractivity (Wildman–Crippen MR) is 125 cm³/mol. The Morgan fingerprint density at radius 3 is 1.85 bits per heavy atom. The molecule has 34 heavy (non-hydrogen) atoms. The minimum atomic E-state index is -1.80. The maximum Gasteiger partial charge on any atom is 0.257 e. The third kappa shape index (κ3) is 3.95. The van der Waals surface area contributed by atoms with E-state index in [9.17, 15) is 19.5 Å². The fraction of sp³-hybridized carbons (Fsp3) is 0.222. The number of amides is 3. The Kier molecular flexibility index (Phi) is 5.63. The van der Waals surface area contributed by atoms with Crippen molar-refractivity contribution in [2.24, 2.45) is 0 Å². The molecule has 5 rings (SSSR count). The van der Waals surface area contributed by atoms with Gasteiger partial charge in [-0.1, -0.05) is 78.9 Å². The molecule has 3 amide bonds. The molecule has 1 unspecified atom stereocenters. The number of hydrogen-bond acceptors (Lipinski definition) is 4. The van der Waals surface area contributed by atoms with E-state index in [2.05, 4.69) is 0 Å². The average Bonchev–Trinajstić information content (AvgIpc) is 3.07. The smallest absolute Gasteiger partial charge is 0.257 e. The first-order valence-electron chi connectivity index (χ1n) is 11.2. The van der Waals surface area contributed by atoms with Crippen molar-refractivity contribution in [1.29, 1.82) is 0 Å². The fourth-order valence-corrected chi connectivity index (χ4v) is 4.69. The predicted octanol–water partition coefficient (Wildman–Crippen LogP) is 2.36. The molecule has 1 atom stereocenters. The van der Waals surface area contributed by atoms with Crippen LogP contribution in [0.15, 0.2) is 84.9 Å². The van der Waals surface area contributed by atoms with Crippen LogP contribution < -0.4 is 0 Å². The second-order valence-electron chi connectivity index (χ2n) is 8.72. The third-order valence-electron chi connectivity index (χ3n) is 6.45. The molecule has 1 N–H and O–H groups in total. The van der Waals surface area contributed by atoms with Crippen molar-refractivity contribution in [3.63, 3.8) is 0 Å². The van der Waals surface area contributed by atoms with Gasteiger partial charge in [-0.3, -0.25) is 19.3 Å². The molecule has 0 aliphatic carbocycles. The number of hydrogen-bond donors (Lipinski definition) is 1. The van der Waals surface area contributed by atoms with Crippen LogP contribution in [0.25, 0.3) is 0 Å². The van der Waals surface area contributed by atoms with Gasteiger partial charge in [-0.05, 0) is 17.2 Å². The zero-order valence-corrected chi connectivity index (χ0v) is 18.6. The largest absolute Gasteiger partial charge is 0.365 e. The van der Waals surface area contributed by atoms with Crippen molar-refractivity contribution in [3.8, 4) is 0 Å². The molecule has 7 nitrogen and oxygen atoms in total. The Hall–Kier alpha value is -3.97. The van der Waals surface area contributed by atoms with Crippen molar-refractivity contribution in [2.75, 3.05) is 19.6 Å². The van der Waals surface area contributed by atoms with E-state index < -0.39 is 17.5 Å². The van der Waals surface area contributed by atoms with Gasteiger partial charge in [0.05, 0.1) is 6.54 Å². The van der Waals surface area contributed by atoms with Crippen LogP contribution in [-0.2, 0) is 28.4 Å². The molecular weight excluding hydrogens is 430 g/mol. The number of nitrogens with zero attached hydrogens (tertiary/aromatic N) is 3. The van der Waals surface area contributed by atoms with Gasteiger partial charge < -0.3 is 14.9 Å². The molecule has 0 bridgehead atoms. The van der Waals surface area contributed by atoms with Gasteiger partial charge in [0.25, 0.3) is 5.91 Å². The van der Waals surface area contributed by atoms with Crippen LogP contribution in [0.5, 0.6) is 0 Å². The minimum Gasteiger partial charge on any atom is -0.365 e. The van der Waals surface area contributed by atoms with Crippen LogP contribution in [-0.4, -0.2) is 57.2 Å². The quantitative estimate of drug-likeness (QED) is 0.655. The van der Waals surface area contributed by atoms with Crippen LogP contribution in [0, 0.1) is 0 Å². The lowest BCUT2D eigenvalue weighted by atomic mass is 10.00. The standard InChI is InChI=1S/C27H25N3O4/c31-24-17-28(15-20-9-3-1-4-10-20)25(32)18-30-26(33)22-13-7-8-14-23(22)27(30,34)19-29(24)16-21-11-5-2-6-12-21/h1-14,34H,15-19H2. The lowest BCUT2D eigenvalue weighted by Crippen LogP contribution is -2.53. The first-order valence-corrected chi connectivity index (χ1v) is 11.2. The summed E-state index contributed by atoms with van der Waals surface area (Å²) in [5, 5.41) is 11.9. The topological polar surface area (TPSA) is 81.2 Å². The van der Waals surface area contributed by atoms with E-state index >= 15 is 0 Å². The lowest BCUT2D eigenvalue weighted by molar-refractivity contribution is -0.143. The highest BCUT2D eigenvalue weighted by Gasteiger charge is 2.51. The van der Waals surface area contributed by atoms with Crippen LogP contribution >= 0.6 is 0 Å². The summed E-state index contributed by atoms with van der Waals surface area (Å²) in [6.45, 7) is -0.100. The Morgan fingerprint density at radius 1 is 0.676 bits per heavy atom. The molecule has 0 spiro atoms. The number of carbonyl (C=O) groups is 3. The second-order valence-corrected chi connectivity index (χ2v) is 8.72. The third-order valence-corrected chi connectivity index (χ3v) is 6.45. The molecule has 0 radical (unpaired) electrons. The summed E-state index contributed by atoms with van der Waals surface area (Å²) < 4.78 is 0. The first kappa shape index (κ1) is 21.9. The summed E-state index contributed by atoms with van der Waals surface area (Å²) in [6, 6.07) is 25.7. The van der Waals surface area contributed by atoms with Crippen molar-refractivity contribution in [1.82, 2.24) is 14.7 Å². The fourth-order valence-electron chi connectivity index (χ4n) is 4.69. The van der Waals surface area contributed by atoms with E-state index in [1.807, 2.05) is 60.7 Å². The van der Waals surface area contributed by atoms with E-state index in [1.165, 1.54) is 14.7 Å². The van der Waals surface area contributed by atoms with E-state index in [4.69, 9.17) is 0 Å². The molecule has 0 aromatic heterocycles. The summed E-state index contributed by atoms with van der Waals surface area (Å²) >= 11 is 0. The maximum atomic E-state index is 13.5. The number of aliphatic hydroxyl groups is 1. The summed E-state index contributed by atoms with van der Waals surface area (Å²) in [5.41, 5.74) is 0.735. The minimum absolute atomic E-state index is 0.129. The van der Waals surface area contributed by atoms with Crippen LogP contribution in [0.4, 0.5) is 0 Å². The Balaban J connectivity index is 1.55. The molecule has 3 aromatic rings. The molecule has 1 fully saturated rings. The molecule has 2 aliphatic heterocycles. The van der Waals surface area contributed by atoms with E-state index in [0.29, 0.717) is 11.1 Å². The molecular formula is C27H25N3O4. The van der Waals surface area contributed by atoms with Crippen LogP contribution in [0.1, 0.15) is 27.0 Å². The van der Waals surface area contributed by atoms with Gasteiger partial charge >= 0.3 is 0 Å². The number of rotatable bonds is 4. The van der Waals surface area contributed by atoms with Crippen LogP contribution in [0.3, 0.4) is 0 Å². The zero-order chi connectivity index (χ0) is 23.7. The normalized spacial score (nSPS) is 20.5. The SMILES string of the molecule is O=C1CN2C(=O)c3ccccc3C2(O)CN(Cc2ccccc2)C(=O)CN1Cc1ccccc1. The van der Waals surface area contributed by atoms with Crippen molar-refractivity contribution in [3.05, 3.63) is 107 Å². The summed E-state index contributed by atoms with van der Waals surface area (Å²) in [7, 11) is 0. The average molecular weight is 456 g/mol. The van der Waals surface area contributed by atoms with Gasteiger partial charge in [0.15, 0.2) is 5.72 Å². The molecule has 0 saturated carbocycles. The monoisotopic (exact) mass is 455 g/mol. The number of carbonyl (C=O) groups excluding carboxylic acids is 3. The van der Waals surface area contributed by atoms with Gasteiger partial charge in [0.1, 0.15) is 13.1 Å². The van der Waals surface area contributed by atoms with Gasteiger partial charge in [0, 0.05) is 24.2 Å². The second kappa shape index (κ2) is 8.76. The molecule has 2 aliphatic rings. The highest BCUT2D eigenvalue weighted by Crippen LogP contribution is 2.38. The summed E-state index contributed by atoms with van der Waals surface area (Å²) in [4.78, 5) is 44.3. The molecule has 1 saturated heterocycles. The summed E-state index contributed by atoms with van der Waals surface area (Å²) in [6.07, 6.45) is 0. The Labute approximate surface area is 197 Å². The van der Waals surface area contributed by atoms with Gasteiger partial charge in [-0.2, -0.15) is 0 Å². The highest BCUT2D eigenvalue weighted by molar-refractivity contribution is 6.02. The van der Waals surface area contributed by atoms with Crippen LogP contribution in [0.2, 0.25) is 0 Å². The van der Waals surface area contributed by atoms with Gasteiger partial charge in [-0.15, -0.1) is 0 Å². The summed E-state index contributed by atoms with van der Waals surface area (Å²) in [5.74, 6) is -1.10. The van der Waals surface area contributed by atoms with Crippen molar-refractivity contribution >= 4 is 17.7 Å². The molecule has 172 valence electrons. The molecule has 3 aromatic carbocycles. The van der Waals surface area contributed by atoms with E-state index in [-0.39, 0.29) is 38.6 Å². The molecule has 2 heterocycles. The highest BCUT2D eigenvalue weighted by atomic mass is 16.3. The maximum absolute atomic E-state index is 13.5. The Bertz CT molecular complexity index is 1230. The van der Waals surface area contributed by atoms with Gasteiger partial charge in [0.2, 0.25) is 11.8 Å². The Morgan fingerprint density at radius 2 is 1.21 bits per heavy atom. The van der Waals surface area contributed by atoms with E-state index in [0.717, 1.165) is 11.1 Å². The van der Waals surface area contributed by atoms with Crippen molar-refractivity contribution < 1.29 is 19.5 Å². The van der Waals surface area contributed by atoms with E-state index in [1.54, 1.807) is 24.3 Å². The molecule has 7 heteroatoms. The zero-order valence-electron chi connectivity index (χ0n) is 18.6. The lowest BCUT2D eigenvalue weighted by Gasteiger charge is -2.37.